The van der Waals surface area contributed by atoms with Crippen molar-refractivity contribution in [3.8, 4) is 6.07 Å². The summed E-state index contributed by atoms with van der Waals surface area (Å²) >= 11 is 0. The molecule has 90 valence electrons. The van der Waals surface area contributed by atoms with E-state index in [9.17, 15) is 12.8 Å². The molecule has 4 nitrogen and oxygen atoms in total. The van der Waals surface area contributed by atoms with Gasteiger partial charge in [-0.1, -0.05) is 6.07 Å². The molecule has 0 atom stereocenters. The summed E-state index contributed by atoms with van der Waals surface area (Å²) in [4.78, 5) is -0.112. The average molecular weight is 254 g/mol. The third kappa shape index (κ3) is 2.16. The van der Waals surface area contributed by atoms with Crippen LogP contribution in [0.15, 0.2) is 23.1 Å². The predicted molar refractivity (Wildman–Crippen MR) is 59.0 cm³/mol. The Balaban J connectivity index is 2.40. The fourth-order valence-electron chi connectivity index (χ4n) is 1.55. The second-order valence-corrected chi connectivity index (χ2v) is 5.81. The van der Waals surface area contributed by atoms with Gasteiger partial charge in [-0.15, -0.1) is 0 Å². The molecule has 17 heavy (non-hydrogen) atoms. The van der Waals surface area contributed by atoms with Crippen molar-refractivity contribution in [2.75, 3.05) is 0 Å². The first-order valence-electron chi connectivity index (χ1n) is 5.11. The van der Waals surface area contributed by atoms with Crippen molar-refractivity contribution in [2.45, 2.75) is 30.2 Å². The van der Waals surface area contributed by atoms with Crippen molar-refractivity contribution >= 4 is 10.0 Å². The molecule has 0 amide bonds. The van der Waals surface area contributed by atoms with E-state index < -0.39 is 21.4 Å². The van der Waals surface area contributed by atoms with E-state index >= 15 is 0 Å². The van der Waals surface area contributed by atoms with Crippen molar-refractivity contribution in [1.82, 2.24) is 4.72 Å². The van der Waals surface area contributed by atoms with Gasteiger partial charge in [-0.2, -0.15) is 9.98 Å². The molecule has 1 fully saturated rings. The van der Waals surface area contributed by atoms with Gasteiger partial charge in [0.1, 0.15) is 11.4 Å². The molecule has 1 N–H and O–H groups in total. The van der Waals surface area contributed by atoms with Gasteiger partial charge < -0.3 is 0 Å². The number of rotatable bonds is 3. The molecule has 1 aromatic rings. The van der Waals surface area contributed by atoms with Crippen LogP contribution in [0, 0.1) is 24.1 Å². The maximum Gasteiger partial charge on any atom is 0.242 e. The highest BCUT2D eigenvalue weighted by atomic mass is 32.2. The summed E-state index contributed by atoms with van der Waals surface area (Å²) in [6.45, 7) is 1.40. The van der Waals surface area contributed by atoms with Gasteiger partial charge in [-0.05, 0) is 31.9 Å². The lowest BCUT2D eigenvalue weighted by Gasteiger charge is -2.12. The molecule has 0 bridgehead atoms. The average Bonchev–Trinajstić information content (AvgIpc) is 3.01. The van der Waals surface area contributed by atoms with Crippen LogP contribution in [-0.4, -0.2) is 14.0 Å². The zero-order chi connectivity index (χ0) is 12.7. The standard InChI is InChI=1S/C11H11FN2O2S/c1-8-9(12)3-2-4-10(8)17(15,16)14-11(7-13)5-6-11/h2-4,14H,5-6H2,1H3. The van der Waals surface area contributed by atoms with Crippen molar-refractivity contribution in [3.63, 3.8) is 0 Å². The molecule has 1 saturated carbocycles. The van der Waals surface area contributed by atoms with Gasteiger partial charge >= 0.3 is 0 Å². The van der Waals surface area contributed by atoms with E-state index in [2.05, 4.69) is 4.72 Å². The first-order valence-corrected chi connectivity index (χ1v) is 6.59. The Bertz CT molecular complexity index is 600. The third-order valence-corrected chi connectivity index (χ3v) is 4.48. The molecule has 0 heterocycles. The van der Waals surface area contributed by atoms with E-state index in [4.69, 9.17) is 5.26 Å². The molecule has 1 aliphatic rings. The van der Waals surface area contributed by atoms with Gasteiger partial charge in [-0.3, -0.25) is 0 Å². The summed E-state index contributed by atoms with van der Waals surface area (Å²) < 4.78 is 39.6. The Labute approximate surface area is 99.1 Å². The minimum absolute atomic E-state index is 0.0636. The Kier molecular flexibility index (Phi) is 2.68. The van der Waals surface area contributed by atoms with Crippen LogP contribution in [-0.2, 0) is 10.0 Å². The Morgan fingerprint density at radius 2 is 2.12 bits per heavy atom. The van der Waals surface area contributed by atoms with Crippen LogP contribution in [0.5, 0.6) is 0 Å². The smallest absolute Gasteiger partial charge is 0.207 e. The van der Waals surface area contributed by atoms with Gasteiger partial charge in [-0.25, -0.2) is 12.8 Å². The van der Waals surface area contributed by atoms with Crippen LogP contribution in [0.25, 0.3) is 0 Å². The number of halogens is 1. The van der Waals surface area contributed by atoms with E-state index in [1.54, 1.807) is 0 Å². The number of nitriles is 1. The van der Waals surface area contributed by atoms with Crippen molar-refractivity contribution in [1.29, 1.82) is 5.26 Å². The fraction of sp³-hybridized carbons (Fsp3) is 0.364. The highest BCUT2D eigenvalue weighted by Gasteiger charge is 2.47. The molecule has 0 aliphatic heterocycles. The molecule has 6 heteroatoms. The van der Waals surface area contributed by atoms with Crippen molar-refractivity contribution in [2.24, 2.45) is 0 Å². The van der Waals surface area contributed by atoms with Crippen molar-refractivity contribution in [3.05, 3.63) is 29.6 Å². The predicted octanol–water partition coefficient (Wildman–Crippen LogP) is 1.47. The Morgan fingerprint density at radius 1 is 1.47 bits per heavy atom. The molecule has 1 aliphatic carbocycles. The van der Waals surface area contributed by atoms with E-state index in [0.29, 0.717) is 12.8 Å². The fourth-order valence-corrected chi connectivity index (χ4v) is 3.19. The Hall–Kier alpha value is -1.45. The summed E-state index contributed by atoms with van der Waals surface area (Å²) in [5, 5.41) is 8.84. The SMILES string of the molecule is Cc1c(F)cccc1S(=O)(=O)NC1(C#N)CC1. The van der Waals surface area contributed by atoms with Crippen LogP contribution in [0.1, 0.15) is 18.4 Å². The second-order valence-electron chi connectivity index (χ2n) is 4.16. The summed E-state index contributed by atoms with van der Waals surface area (Å²) in [5.41, 5.74) is -0.925. The topological polar surface area (TPSA) is 70.0 Å². The van der Waals surface area contributed by atoms with Gasteiger partial charge in [0.2, 0.25) is 10.0 Å². The summed E-state index contributed by atoms with van der Waals surface area (Å²) in [6.07, 6.45) is 0.994. The number of hydrogen-bond acceptors (Lipinski definition) is 3. The monoisotopic (exact) mass is 254 g/mol. The highest BCUT2D eigenvalue weighted by molar-refractivity contribution is 7.89. The van der Waals surface area contributed by atoms with Crippen LogP contribution in [0.3, 0.4) is 0 Å². The van der Waals surface area contributed by atoms with Crippen LogP contribution in [0.2, 0.25) is 0 Å². The summed E-state index contributed by atoms with van der Waals surface area (Å²) in [7, 11) is -3.83. The maximum atomic E-state index is 13.3. The number of nitrogens with one attached hydrogen (secondary N) is 1. The normalized spacial score (nSPS) is 17.5. The van der Waals surface area contributed by atoms with Crippen LogP contribution >= 0.6 is 0 Å². The van der Waals surface area contributed by atoms with E-state index in [0.717, 1.165) is 0 Å². The Morgan fingerprint density at radius 3 is 2.65 bits per heavy atom. The number of nitrogens with zero attached hydrogens (tertiary/aromatic N) is 1. The molecule has 0 aromatic heterocycles. The van der Waals surface area contributed by atoms with E-state index in [1.165, 1.54) is 25.1 Å². The number of benzene rings is 1. The van der Waals surface area contributed by atoms with Crippen LogP contribution in [0.4, 0.5) is 4.39 Å². The summed E-state index contributed by atoms with van der Waals surface area (Å²) in [5.74, 6) is -0.574. The molecular formula is C11H11FN2O2S. The lowest BCUT2D eigenvalue weighted by Crippen LogP contribution is -2.35. The molecular weight excluding hydrogens is 243 g/mol. The quantitative estimate of drug-likeness (QED) is 0.888. The van der Waals surface area contributed by atoms with Crippen molar-refractivity contribution < 1.29 is 12.8 Å². The third-order valence-electron chi connectivity index (χ3n) is 2.80. The molecule has 0 unspecified atom stereocenters. The molecule has 0 spiro atoms. The molecule has 0 radical (unpaired) electrons. The number of hydrogen-bond donors (Lipinski definition) is 1. The second kappa shape index (κ2) is 3.79. The minimum Gasteiger partial charge on any atom is -0.207 e. The lowest BCUT2D eigenvalue weighted by molar-refractivity contribution is 0.565. The largest absolute Gasteiger partial charge is 0.242 e. The first kappa shape index (κ1) is 12.0. The van der Waals surface area contributed by atoms with Gasteiger partial charge in [0.15, 0.2) is 0 Å². The molecule has 2 rings (SSSR count). The zero-order valence-corrected chi connectivity index (χ0v) is 10.0. The highest BCUT2D eigenvalue weighted by Crippen LogP contribution is 2.36. The van der Waals surface area contributed by atoms with Gasteiger partial charge in [0, 0.05) is 5.56 Å². The number of sulfonamides is 1. The van der Waals surface area contributed by atoms with E-state index in [-0.39, 0.29) is 10.5 Å². The van der Waals surface area contributed by atoms with Gasteiger partial charge in [0.05, 0.1) is 11.0 Å². The zero-order valence-electron chi connectivity index (χ0n) is 9.20. The lowest BCUT2D eigenvalue weighted by atomic mass is 10.2. The molecule has 1 aromatic carbocycles. The minimum atomic E-state index is -3.83. The maximum absolute atomic E-state index is 13.3. The molecule has 0 saturated heterocycles. The van der Waals surface area contributed by atoms with E-state index in [1.807, 2.05) is 6.07 Å². The first-order chi connectivity index (χ1) is 7.90. The van der Waals surface area contributed by atoms with Crippen LogP contribution < -0.4 is 4.72 Å². The summed E-state index contributed by atoms with van der Waals surface area (Å²) in [6, 6.07) is 5.79. The van der Waals surface area contributed by atoms with Gasteiger partial charge in [0.25, 0.3) is 0 Å².